The molecule has 98 valence electrons. The minimum Gasteiger partial charge on any atom is -0.347 e. The number of carbonyl (C=O) groups is 3. The van der Waals surface area contributed by atoms with E-state index in [0.717, 1.165) is 0 Å². The van der Waals surface area contributed by atoms with Gasteiger partial charge in [0, 0.05) is 11.3 Å². The number of amides is 2. The van der Waals surface area contributed by atoms with E-state index in [-0.39, 0.29) is 36.6 Å². The molecule has 0 bridgehead atoms. The Morgan fingerprint density at radius 1 is 1.00 bits per heavy atom. The van der Waals surface area contributed by atoms with E-state index < -0.39 is 5.41 Å². The van der Waals surface area contributed by atoms with Crippen molar-refractivity contribution in [3.8, 4) is 0 Å². The zero-order chi connectivity index (χ0) is 13.6. The number of ketones is 1. The molecule has 0 rings (SSSR count). The van der Waals surface area contributed by atoms with Gasteiger partial charge in [-0.3, -0.25) is 14.4 Å². The molecule has 2 N–H and O–H groups in total. The van der Waals surface area contributed by atoms with Gasteiger partial charge in [0.25, 0.3) is 0 Å². The lowest BCUT2D eigenvalue weighted by Crippen LogP contribution is -2.42. The standard InChI is InChI=1S/C12H22N2O3/c1-8(2)11(17)14-7-10(16)13-6-9(15)12(3,4)5/h8H,6-7H2,1-5H3,(H,13,16)(H,14,17). The minimum atomic E-state index is -0.464. The van der Waals surface area contributed by atoms with Gasteiger partial charge in [0.1, 0.15) is 0 Å². The van der Waals surface area contributed by atoms with Crippen LogP contribution in [0.15, 0.2) is 0 Å². The molecule has 0 radical (unpaired) electrons. The fourth-order valence-corrected chi connectivity index (χ4v) is 0.878. The average Bonchev–Trinajstić information content (AvgIpc) is 2.20. The molecule has 0 aliphatic carbocycles. The summed E-state index contributed by atoms with van der Waals surface area (Å²) in [6.07, 6.45) is 0. The van der Waals surface area contributed by atoms with Gasteiger partial charge in [-0.25, -0.2) is 0 Å². The summed E-state index contributed by atoms with van der Waals surface area (Å²) >= 11 is 0. The third-order valence-corrected chi connectivity index (χ3v) is 2.23. The average molecular weight is 242 g/mol. The van der Waals surface area contributed by atoms with Crippen LogP contribution in [0.5, 0.6) is 0 Å². The molecule has 0 aromatic heterocycles. The maximum atomic E-state index is 11.5. The Bertz CT molecular complexity index is 303. The minimum absolute atomic E-state index is 0.000117. The van der Waals surface area contributed by atoms with E-state index in [1.54, 1.807) is 34.6 Å². The van der Waals surface area contributed by atoms with Gasteiger partial charge < -0.3 is 10.6 Å². The van der Waals surface area contributed by atoms with Crippen LogP contribution in [0, 0.1) is 11.3 Å². The summed E-state index contributed by atoms with van der Waals surface area (Å²) in [6, 6.07) is 0. The van der Waals surface area contributed by atoms with E-state index in [9.17, 15) is 14.4 Å². The third kappa shape index (κ3) is 6.71. The molecule has 0 unspecified atom stereocenters. The Hall–Kier alpha value is -1.39. The summed E-state index contributed by atoms with van der Waals surface area (Å²) in [5.74, 6) is -0.723. The van der Waals surface area contributed by atoms with Crippen molar-refractivity contribution in [2.75, 3.05) is 13.1 Å². The van der Waals surface area contributed by atoms with Gasteiger partial charge in [0.2, 0.25) is 11.8 Å². The zero-order valence-corrected chi connectivity index (χ0v) is 11.2. The first-order chi connectivity index (χ1) is 7.64. The summed E-state index contributed by atoms with van der Waals surface area (Å²) in [5, 5.41) is 4.96. The molecule has 0 saturated carbocycles. The van der Waals surface area contributed by atoms with Crippen molar-refractivity contribution in [1.82, 2.24) is 10.6 Å². The van der Waals surface area contributed by atoms with E-state index >= 15 is 0 Å². The van der Waals surface area contributed by atoms with Crippen molar-refractivity contribution in [2.24, 2.45) is 11.3 Å². The Balaban J connectivity index is 3.90. The van der Waals surface area contributed by atoms with Crippen molar-refractivity contribution in [2.45, 2.75) is 34.6 Å². The predicted molar refractivity (Wildman–Crippen MR) is 65.3 cm³/mol. The molecule has 0 aromatic carbocycles. The quantitative estimate of drug-likeness (QED) is 0.736. The first-order valence-corrected chi connectivity index (χ1v) is 5.72. The van der Waals surface area contributed by atoms with Crippen LogP contribution >= 0.6 is 0 Å². The Kier molecular flexibility index (Phi) is 5.85. The first-order valence-electron chi connectivity index (χ1n) is 5.72. The molecule has 0 aliphatic heterocycles. The summed E-state index contributed by atoms with van der Waals surface area (Å²) in [7, 11) is 0. The highest BCUT2D eigenvalue weighted by Gasteiger charge is 2.21. The van der Waals surface area contributed by atoms with Gasteiger partial charge in [-0.15, -0.1) is 0 Å². The largest absolute Gasteiger partial charge is 0.347 e. The molecule has 5 nitrogen and oxygen atoms in total. The highest BCUT2D eigenvalue weighted by Crippen LogP contribution is 2.13. The van der Waals surface area contributed by atoms with Crippen LogP contribution in [0.3, 0.4) is 0 Å². The van der Waals surface area contributed by atoms with Crippen LogP contribution in [-0.2, 0) is 14.4 Å². The van der Waals surface area contributed by atoms with E-state index in [1.165, 1.54) is 0 Å². The first kappa shape index (κ1) is 15.6. The molecule has 0 saturated heterocycles. The van der Waals surface area contributed by atoms with E-state index in [4.69, 9.17) is 0 Å². The monoisotopic (exact) mass is 242 g/mol. The lowest BCUT2D eigenvalue weighted by Gasteiger charge is -2.16. The molecule has 2 amide bonds. The molecule has 17 heavy (non-hydrogen) atoms. The molecule has 0 aliphatic rings. The van der Waals surface area contributed by atoms with Crippen molar-refractivity contribution in [3.63, 3.8) is 0 Å². The Morgan fingerprint density at radius 2 is 1.53 bits per heavy atom. The second-order valence-electron chi connectivity index (χ2n) is 5.32. The lowest BCUT2D eigenvalue weighted by molar-refractivity contribution is -0.130. The van der Waals surface area contributed by atoms with Crippen LogP contribution in [0.25, 0.3) is 0 Å². The molecular weight excluding hydrogens is 220 g/mol. The van der Waals surface area contributed by atoms with Gasteiger partial charge in [-0.2, -0.15) is 0 Å². The lowest BCUT2D eigenvalue weighted by atomic mass is 9.91. The fraction of sp³-hybridized carbons (Fsp3) is 0.750. The SMILES string of the molecule is CC(C)C(=O)NCC(=O)NCC(=O)C(C)(C)C. The van der Waals surface area contributed by atoms with Crippen LogP contribution < -0.4 is 10.6 Å². The predicted octanol–water partition coefficient (Wildman–Crippen LogP) is 0.490. The Morgan fingerprint density at radius 3 is 1.94 bits per heavy atom. The second kappa shape index (κ2) is 6.37. The molecule has 0 spiro atoms. The third-order valence-electron chi connectivity index (χ3n) is 2.23. The Labute approximate surface area is 102 Å². The van der Waals surface area contributed by atoms with Crippen LogP contribution in [0.1, 0.15) is 34.6 Å². The number of rotatable bonds is 5. The zero-order valence-electron chi connectivity index (χ0n) is 11.2. The number of Topliss-reactive ketones (excluding diaryl/α,β-unsaturated/α-hetero) is 1. The van der Waals surface area contributed by atoms with Crippen molar-refractivity contribution in [3.05, 3.63) is 0 Å². The maximum Gasteiger partial charge on any atom is 0.239 e. The van der Waals surface area contributed by atoms with E-state index in [2.05, 4.69) is 10.6 Å². The molecule has 0 fully saturated rings. The summed E-state index contributed by atoms with van der Waals surface area (Å²) < 4.78 is 0. The van der Waals surface area contributed by atoms with Gasteiger partial charge in [0.15, 0.2) is 5.78 Å². The summed E-state index contributed by atoms with van der Waals surface area (Å²) in [4.78, 5) is 34.0. The van der Waals surface area contributed by atoms with Crippen LogP contribution in [-0.4, -0.2) is 30.7 Å². The smallest absolute Gasteiger partial charge is 0.239 e. The van der Waals surface area contributed by atoms with Gasteiger partial charge >= 0.3 is 0 Å². The van der Waals surface area contributed by atoms with Crippen molar-refractivity contribution in [1.29, 1.82) is 0 Å². The fourth-order valence-electron chi connectivity index (χ4n) is 0.878. The van der Waals surface area contributed by atoms with Gasteiger partial charge in [0.05, 0.1) is 13.1 Å². The number of carbonyl (C=O) groups excluding carboxylic acids is 3. The molecule has 0 aromatic rings. The number of nitrogens with one attached hydrogen (secondary N) is 2. The molecular formula is C12H22N2O3. The van der Waals surface area contributed by atoms with Crippen LogP contribution in [0.2, 0.25) is 0 Å². The maximum absolute atomic E-state index is 11.5. The van der Waals surface area contributed by atoms with E-state index in [1.807, 2.05) is 0 Å². The summed E-state index contributed by atoms with van der Waals surface area (Å²) in [5.41, 5.74) is -0.464. The van der Waals surface area contributed by atoms with Gasteiger partial charge in [-0.05, 0) is 0 Å². The molecule has 0 heterocycles. The highest BCUT2D eigenvalue weighted by atomic mass is 16.2. The van der Waals surface area contributed by atoms with Crippen molar-refractivity contribution < 1.29 is 14.4 Å². The van der Waals surface area contributed by atoms with E-state index in [0.29, 0.717) is 0 Å². The molecule has 5 heteroatoms. The van der Waals surface area contributed by atoms with Crippen LogP contribution in [0.4, 0.5) is 0 Å². The normalized spacial score (nSPS) is 11.2. The second-order valence-corrected chi connectivity index (χ2v) is 5.32. The van der Waals surface area contributed by atoms with Gasteiger partial charge in [-0.1, -0.05) is 34.6 Å². The highest BCUT2D eigenvalue weighted by molar-refractivity contribution is 5.91. The number of hydrogen-bond donors (Lipinski definition) is 2. The summed E-state index contributed by atoms with van der Waals surface area (Å²) in [6.45, 7) is 8.78. The molecule has 0 atom stereocenters. The number of hydrogen-bond acceptors (Lipinski definition) is 3. The topological polar surface area (TPSA) is 75.3 Å². The van der Waals surface area contributed by atoms with Crippen molar-refractivity contribution >= 4 is 17.6 Å².